The van der Waals surface area contributed by atoms with Crippen LogP contribution in [0.1, 0.15) is 19.4 Å². The average Bonchev–Trinajstić information content (AvgIpc) is 2.58. The van der Waals surface area contributed by atoms with Gasteiger partial charge in [-0.3, -0.25) is 9.59 Å². The van der Waals surface area contributed by atoms with Crippen molar-refractivity contribution in [2.45, 2.75) is 20.3 Å². The molecule has 0 aromatic heterocycles. The summed E-state index contributed by atoms with van der Waals surface area (Å²) >= 11 is 11.9. The van der Waals surface area contributed by atoms with Crippen LogP contribution in [0.4, 0.5) is 5.69 Å². The van der Waals surface area contributed by atoms with Crippen LogP contribution in [-0.2, 0) is 16.0 Å². The maximum Gasteiger partial charge on any atom is 0.239 e. The summed E-state index contributed by atoms with van der Waals surface area (Å²) in [6.45, 7) is 3.59. The topological polar surface area (TPSA) is 58.2 Å². The van der Waals surface area contributed by atoms with Gasteiger partial charge in [0.05, 0.1) is 10.7 Å². The fraction of sp³-hybridized carbons (Fsp3) is 0.263. The lowest BCUT2D eigenvalue weighted by Gasteiger charge is -2.23. The van der Waals surface area contributed by atoms with Crippen molar-refractivity contribution in [1.29, 1.82) is 0 Å². The van der Waals surface area contributed by atoms with Crippen molar-refractivity contribution in [2.24, 2.45) is 5.41 Å². The van der Waals surface area contributed by atoms with Gasteiger partial charge in [-0.25, -0.2) is 0 Å². The van der Waals surface area contributed by atoms with E-state index in [0.29, 0.717) is 28.7 Å². The van der Waals surface area contributed by atoms with E-state index in [1.54, 1.807) is 50.2 Å². The van der Waals surface area contributed by atoms with Crippen LogP contribution in [-0.4, -0.2) is 18.4 Å². The van der Waals surface area contributed by atoms with Crippen molar-refractivity contribution in [3.63, 3.8) is 0 Å². The third-order valence-electron chi connectivity index (χ3n) is 3.87. The summed E-state index contributed by atoms with van der Waals surface area (Å²) in [5.41, 5.74) is 0.318. The third kappa shape index (κ3) is 5.21. The van der Waals surface area contributed by atoms with Crippen LogP contribution in [0, 0.1) is 5.41 Å². The molecular formula is C19H20Cl2N2O2. The Labute approximate surface area is 157 Å². The van der Waals surface area contributed by atoms with Gasteiger partial charge in [-0.15, -0.1) is 0 Å². The number of anilines is 1. The van der Waals surface area contributed by atoms with E-state index < -0.39 is 11.3 Å². The molecule has 0 spiro atoms. The third-order valence-corrected chi connectivity index (χ3v) is 4.45. The van der Waals surface area contributed by atoms with Crippen molar-refractivity contribution in [2.75, 3.05) is 11.9 Å². The van der Waals surface area contributed by atoms with Crippen LogP contribution in [0.15, 0.2) is 48.5 Å². The first kappa shape index (κ1) is 19.3. The maximum atomic E-state index is 12.5. The number of carbonyl (C=O) groups is 2. The molecule has 0 saturated heterocycles. The second-order valence-electron chi connectivity index (χ2n) is 6.19. The smallest absolute Gasteiger partial charge is 0.239 e. The number of para-hydroxylation sites is 1. The SMILES string of the molecule is CC(C)(C(=O)NCCc1ccc(Cl)cc1)C(=O)Nc1ccccc1Cl. The van der Waals surface area contributed by atoms with Crippen molar-refractivity contribution in [1.82, 2.24) is 5.32 Å². The number of halogens is 2. The van der Waals surface area contributed by atoms with E-state index >= 15 is 0 Å². The summed E-state index contributed by atoms with van der Waals surface area (Å²) in [6.07, 6.45) is 0.658. The normalized spacial score (nSPS) is 11.0. The fourth-order valence-corrected chi connectivity index (χ4v) is 2.45. The van der Waals surface area contributed by atoms with Gasteiger partial charge in [0.25, 0.3) is 0 Å². The van der Waals surface area contributed by atoms with Crippen molar-refractivity contribution >= 4 is 40.7 Å². The minimum atomic E-state index is -1.22. The fourth-order valence-electron chi connectivity index (χ4n) is 2.14. The van der Waals surface area contributed by atoms with Gasteiger partial charge >= 0.3 is 0 Å². The summed E-state index contributed by atoms with van der Waals surface area (Å²) in [6, 6.07) is 14.3. The Balaban J connectivity index is 1.91. The predicted molar refractivity (Wildman–Crippen MR) is 102 cm³/mol. The van der Waals surface area contributed by atoms with E-state index in [2.05, 4.69) is 10.6 Å². The quantitative estimate of drug-likeness (QED) is 0.735. The molecule has 2 rings (SSSR count). The largest absolute Gasteiger partial charge is 0.355 e. The Morgan fingerprint density at radius 3 is 2.24 bits per heavy atom. The summed E-state index contributed by atoms with van der Waals surface area (Å²) in [4.78, 5) is 24.9. The molecule has 2 N–H and O–H groups in total. The second kappa shape index (κ2) is 8.37. The summed E-state index contributed by atoms with van der Waals surface area (Å²) in [5.74, 6) is -0.754. The highest BCUT2D eigenvalue weighted by Gasteiger charge is 2.36. The number of benzene rings is 2. The Morgan fingerprint density at radius 2 is 1.60 bits per heavy atom. The standard InChI is InChI=1S/C19H20Cl2N2O2/c1-19(2,18(25)23-16-6-4-3-5-15(16)21)17(24)22-12-11-13-7-9-14(20)10-8-13/h3-10H,11-12H2,1-2H3,(H,22,24)(H,23,25). The molecule has 0 fully saturated rings. The lowest BCUT2D eigenvalue weighted by atomic mass is 9.91. The molecule has 0 aliphatic heterocycles. The minimum Gasteiger partial charge on any atom is -0.355 e. The Kier molecular flexibility index (Phi) is 6.45. The lowest BCUT2D eigenvalue weighted by Crippen LogP contribution is -2.45. The van der Waals surface area contributed by atoms with Crippen LogP contribution < -0.4 is 10.6 Å². The van der Waals surface area contributed by atoms with Crippen LogP contribution in [0.5, 0.6) is 0 Å². The molecule has 0 radical (unpaired) electrons. The van der Waals surface area contributed by atoms with Gasteiger partial charge in [0, 0.05) is 11.6 Å². The average molecular weight is 379 g/mol. The lowest BCUT2D eigenvalue weighted by molar-refractivity contribution is -0.138. The molecule has 25 heavy (non-hydrogen) atoms. The minimum absolute atomic E-state index is 0.342. The zero-order valence-electron chi connectivity index (χ0n) is 14.1. The van der Waals surface area contributed by atoms with E-state index in [-0.39, 0.29) is 5.91 Å². The highest BCUT2D eigenvalue weighted by molar-refractivity contribution is 6.33. The van der Waals surface area contributed by atoms with Gasteiger partial charge in [-0.05, 0) is 50.1 Å². The summed E-state index contributed by atoms with van der Waals surface area (Å²) in [7, 11) is 0. The number of nitrogens with one attached hydrogen (secondary N) is 2. The van der Waals surface area contributed by atoms with Crippen LogP contribution in [0.25, 0.3) is 0 Å². The van der Waals surface area contributed by atoms with Gasteiger partial charge in [0.1, 0.15) is 5.41 Å². The Morgan fingerprint density at radius 1 is 0.960 bits per heavy atom. The highest BCUT2D eigenvalue weighted by atomic mass is 35.5. The number of rotatable bonds is 6. The van der Waals surface area contributed by atoms with E-state index in [9.17, 15) is 9.59 Å². The Hall–Kier alpha value is -2.04. The first-order chi connectivity index (χ1) is 11.8. The Bertz CT molecular complexity index is 758. The van der Waals surface area contributed by atoms with Crippen LogP contribution >= 0.6 is 23.2 Å². The number of hydrogen-bond acceptors (Lipinski definition) is 2. The highest BCUT2D eigenvalue weighted by Crippen LogP contribution is 2.24. The second-order valence-corrected chi connectivity index (χ2v) is 7.03. The molecule has 0 saturated carbocycles. The van der Waals surface area contributed by atoms with Gasteiger partial charge in [0.2, 0.25) is 11.8 Å². The van der Waals surface area contributed by atoms with Gasteiger partial charge in [0.15, 0.2) is 0 Å². The molecule has 6 heteroatoms. The van der Waals surface area contributed by atoms with Crippen molar-refractivity contribution in [3.8, 4) is 0 Å². The molecular weight excluding hydrogens is 359 g/mol. The zero-order chi connectivity index (χ0) is 18.4. The molecule has 0 aliphatic rings. The van der Waals surface area contributed by atoms with Crippen LogP contribution in [0.3, 0.4) is 0 Å². The summed E-state index contributed by atoms with van der Waals surface area (Å²) in [5, 5.41) is 6.60. The molecule has 0 bridgehead atoms. The van der Waals surface area contributed by atoms with Crippen LogP contribution in [0.2, 0.25) is 10.0 Å². The molecule has 0 aliphatic carbocycles. The van der Waals surface area contributed by atoms with E-state index in [1.165, 1.54) is 0 Å². The number of carbonyl (C=O) groups excluding carboxylic acids is 2. The number of hydrogen-bond donors (Lipinski definition) is 2. The van der Waals surface area contributed by atoms with E-state index in [1.807, 2.05) is 12.1 Å². The van der Waals surface area contributed by atoms with Crippen molar-refractivity contribution < 1.29 is 9.59 Å². The zero-order valence-corrected chi connectivity index (χ0v) is 15.6. The molecule has 4 nitrogen and oxygen atoms in total. The van der Waals surface area contributed by atoms with Gasteiger partial charge in [-0.1, -0.05) is 47.5 Å². The molecule has 2 aromatic carbocycles. The molecule has 0 heterocycles. The number of amides is 2. The maximum absolute atomic E-state index is 12.5. The monoisotopic (exact) mass is 378 g/mol. The van der Waals surface area contributed by atoms with Crippen molar-refractivity contribution in [3.05, 3.63) is 64.1 Å². The van der Waals surface area contributed by atoms with E-state index in [4.69, 9.17) is 23.2 Å². The first-order valence-corrected chi connectivity index (χ1v) is 8.65. The predicted octanol–water partition coefficient (Wildman–Crippen LogP) is 4.32. The molecule has 132 valence electrons. The van der Waals surface area contributed by atoms with E-state index in [0.717, 1.165) is 5.56 Å². The van der Waals surface area contributed by atoms with Gasteiger partial charge < -0.3 is 10.6 Å². The summed E-state index contributed by atoms with van der Waals surface area (Å²) < 4.78 is 0. The molecule has 2 aromatic rings. The molecule has 0 unspecified atom stereocenters. The molecule has 0 atom stereocenters. The first-order valence-electron chi connectivity index (χ1n) is 7.89. The van der Waals surface area contributed by atoms with Gasteiger partial charge in [-0.2, -0.15) is 0 Å². The molecule has 2 amide bonds.